The molecule has 0 unspecified atom stereocenters. The summed E-state index contributed by atoms with van der Waals surface area (Å²) in [6.07, 6.45) is -2.90. The molecule has 1 aliphatic rings. The summed E-state index contributed by atoms with van der Waals surface area (Å²) in [5, 5.41) is 3.27. The van der Waals surface area contributed by atoms with Crippen molar-refractivity contribution in [2.24, 2.45) is 10.9 Å². The number of hydrogen-bond acceptors (Lipinski definition) is 4. The van der Waals surface area contributed by atoms with Crippen molar-refractivity contribution in [3.8, 4) is 0 Å². The van der Waals surface area contributed by atoms with Crippen LogP contribution in [0.15, 0.2) is 29.3 Å². The van der Waals surface area contributed by atoms with Crippen LogP contribution in [0.1, 0.15) is 30.9 Å². The zero-order valence-corrected chi connectivity index (χ0v) is 16.8. The van der Waals surface area contributed by atoms with E-state index in [2.05, 4.69) is 15.2 Å². The Kier molecular flexibility index (Phi) is 8.75. The average Bonchev–Trinajstić information content (AvgIpc) is 2.68. The van der Waals surface area contributed by atoms with Crippen molar-refractivity contribution in [2.75, 3.05) is 33.4 Å². The fourth-order valence-corrected chi connectivity index (χ4v) is 3.21. The molecule has 0 aromatic heterocycles. The molecule has 0 atom stereocenters. The molecule has 1 aliphatic heterocycles. The molecule has 0 amide bonds. The van der Waals surface area contributed by atoms with Gasteiger partial charge in [0.25, 0.3) is 0 Å². The molecule has 1 N–H and O–H groups in total. The van der Waals surface area contributed by atoms with E-state index in [9.17, 15) is 18.0 Å². The fraction of sp³-hybridized carbons (Fsp3) is 0.600. The molecule has 1 aromatic rings. The van der Waals surface area contributed by atoms with Gasteiger partial charge in [-0.15, -0.1) is 0 Å². The highest BCUT2D eigenvalue weighted by molar-refractivity contribution is 5.80. The first-order valence-corrected chi connectivity index (χ1v) is 9.67. The number of halogens is 3. The summed E-state index contributed by atoms with van der Waals surface area (Å²) in [7, 11) is 1.70. The molecule has 1 heterocycles. The molecule has 1 aromatic carbocycles. The number of hydrogen-bond donors (Lipinski definition) is 1. The van der Waals surface area contributed by atoms with Crippen molar-refractivity contribution in [1.82, 2.24) is 10.2 Å². The van der Waals surface area contributed by atoms with Crippen molar-refractivity contribution in [2.45, 2.75) is 39.1 Å². The molecule has 0 aliphatic carbocycles. The number of alkyl halides is 3. The smallest absolute Gasteiger partial charge is 0.411 e. The summed E-state index contributed by atoms with van der Waals surface area (Å²) >= 11 is 0. The molecule has 0 radical (unpaired) electrons. The predicted molar refractivity (Wildman–Crippen MR) is 103 cm³/mol. The van der Waals surface area contributed by atoms with Crippen LogP contribution in [-0.2, 0) is 27.4 Å². The molecule has 0 saturated carbocycles. The third-order valence-corrected chi connectivity index (χ3v) is 4.60. The van der Waals surface area contributed by atoms with E-state index in [0.717, 1.165) is 11.5 Å². The van der Waals surface area contributed by atoms with E-state index in [1.165, 1.54) is 0 Å². The second-order valence-corrected chi connectivity index (χ2v) is 6.84. The van der Waals surface area contributed by atoms with Crippen LogP contribution in [0.25, 0.3) is 0 Å². The summed E-state index contributed by atoms with van der Waals surface area (Å²) in [4.78, 5) is 18.2. The van der Waals surface area contributed by atoms with Gasteiger partial charge in [-0.25, -0.2) is 0 Å². The second-order valence-electron chi connectivity index (χ2n) is 6.84. The quantitative estimate of drug-likeness (QED) is 0.421. The lowest BCUT2D eigenvalue weighted by Gasteiger charge is -2.33. The molecule has 1 fully saturated rings. The molecule has 29 heavy (non-hydrogen) atoms. The highest BCUT2D eigenvalue weighted by Gasteiger charge is 2.28. The molecular formula is C20H28F3N3O3. The van der Waals surface area contributed by atoms with E-state index < -0.39 is 12.8 Å². The van der Waals surface area contributed by atoms with E-state index in [1.807, 2.05) is 12.1 Å². The minimum absolute atomic E-state index is 0.0716. The number of likely N-dealkylation sites (tertiary alicyclic amines) is 1. The van der Waals surface area contributed by atoms with Crippen molar-refractivity contribution in [3.05, 3.63) is 35.4 Å². The Bertz CT molecular complexity index is 687. The van der Waals surface area contributed by atoms with E-state index in [4.69, 9.17) is 9.47 Å². The van der Waals surface area contributed by atoms with E-state index in [1.54, 1.807) is 26.1 Å². The molecule has 0 bridgehead atoms. The van der Waals surface area contributed by atoms with Crippen molar-refractivity contribution < 1.29 is 27.4 Å². The highest BCUT2D eigenvalue weighted by atomic mass is 19.4. The third-order valence-electron chi connectivity index (χ3n) is 4.60. The monoisotopic (exact) mass is 415 g/mol. The molecule has 162 valence electrons. The van der Waals surface area contributed by atoms with Crippen molar-refractivity contribution >= 4 is 11.9 Å². The number of aliphatic imine (C=N–C) groups is 1. The first-order chi connectivity index (χ1) is 13.8. The van der Waals surface area contributed by atoms with Crippen LogP contribution in [0.5, 0.6) is 0 Å². The van der Waals surface area contributed by atoms with E-state index >= 15 is 0 Å². The number of nitrogens with one attached hydrogen (secondary N) is 1. The topological polar surface area (TPSA) is 63.2 Å². The SMILES string of the molecule is CCOC(=O)C1CCN(C(=NC)NCc2cccc(COCC(F)(F)F)c2)CC1. The number of rotatable bonds is 7. The highest BCUT2D eigenvalue weighted by Crippen LogP contribution is 2.19. The minimum atomic E-state index is -4.33. The third kappa shape index (κ3) is 7.92. The standard InChI is InChI=1S/C20H28F3N3O3/c1-3-29-18(27)17-7-9-26(10-8-17)19(24-2)25-12-15-5-4-6-16(11-15)13-28-14-20(21,22)23/h4-6,11,17H,3,7-10,12-14H2,1-2H3,(H,24,25). The molecule has 9 heteroatoms. The summed E-state index contributed by atoms with van der Waals surface area (Å²) in [6, 6.07) is 7.22. The fourth-order valence-electron chi connectivity index (χ4n) is 3.21. The summed E-state index contributed by atoms with van der Waals surface area (Å²) < 4.78 is 46.4. The Morgan fingerprint density at radius 2 is 1.97 bits per heavy atom. The van der Waals surface area contributed by atoms with Gasteiger partial charge >= 0.3 is 12.1 Å². The molecular weight excluding hydrogens is 387 g/mol. The van der Waals surface area contributed by atoms with Crippen LogP contribution in [0.4, 0.5) is 13.2 Å². The van der Waals surface area contributed by atoms with Crippen molar-refractivity contribution in [1.29, 1.82) is 0 Å². The van der Waals surface area contributed by atoms with Crippen LogP contribution in [0.2, 0.25) is 0 Å². The molecule has 0 spiro atoms. The Morgan fingerprint density at radius 3 is 2.59 bits per heavy atom. The predicted octanol–water partition coefficient (Wildman–Crippen LogP) is 3.12. The number of carbonyl (C=O) groups is 1. The normalized spacial score (nSPS) is 16.0. The summed E-state index contributed by atoms with van der Waals surface area (Å²) in [5.74, 6) is 0.517. The second kappa shape index (κ2) is 11.0. The maximum atomic E-state index is 12.2. The first kappa shape index (κ1) is 23.0. The molecule has 2 rings (SSSR count). The lowest BCUT2D eigenvalue weighted by Crippen LogP contribution is -2.46. The van der Waals surface area contributed by atoms with Gasteiger partial charge in [0.05, 0.1) is 19.1 Å². The Morgan fingerprint density at radius 1 is 1.28 bits per heavy atom. The molecule has 6 nitrogen and oxygen atoms in total. The lowest BCUT2D eigenvalue weighted by molar-refractivity contribution is -0.176. The number of guanidine groups is 1. The number of piperidine rings is 1. The van der Waals surface area contributed by atoms with Crippen LogP contribution in [0.3, 0.4) is 0 Å². The summed E-state index contributed by atoms with van der Waals surface area (Å²) in [6.45, 7) is 2.73. The maximum absolute atomic E-state index is 12.2. The first-order valence-electron chi connectivity index (χ1n) is 9.67. The van der Waals surface area contributed by atoms with E-state index in [-0.39, 0.29) is 18.5 Å². The van der Waals surface area contributed by atoms with Gasteiger partial charge in [-0.05, 0) is 30.9 Å². The van der Waals surface area contributed by atoms with Crippen LogP contribution in [0, 0.1) is 5.92 Å². The van der Waals surface area contributed by atoms with Crippen molar-refractivity contribution in [3.63, 3.8) is 0 Å². The number of ether oxygens (including phenoxy) is 2. The van der Waals surface area contributed by atoms with Crippen LogP contribution >= 0.6 is 0 Å². The zero-order chi connectivity index (χ0) is 21.3. The van der Waals surface area contributed by atoms with Gasteiger partial charge in [0.1, 0.15) is 6.61 Å². The van der Waals surface area contributed by atoms with Crippen LogP contribution < -0.4 is 5.32 Å². The van der Waals surface area contributed by atoms with Crippen LogP contribution in [-0.4, -0.2) is 56.4 Å². The van der Waals surface area contributed by atoms with Gasteiger partial charge in [-0.3, -0.25) is 9.79 Å². The van der Waals surface area contributed by atoms with Gasteiger partial charge in [0.15, 0.2) is 5.96 Å². The number of nitrogens with zero attached hydrogens (tertiary/aromatic N) is 2. The largest absolute Gasteiger partial charge is 0.466 e. The number of esters is 1. The van der Waals surface area contributed by atoms with Gasteiger partial charge < -0.3 is 19.7 Å². The Hall–Kier alpha value is -2.29. The minimum Gasteiger partial charge on any atom is -0.466 e. The van der Waals surface area contributed by atoms with Gasteiger partial charge in [-0.2, -0.15) is 13.2 Å². The van der Waals surface area contributed by atoms with E-state index in [0.29, 0.717) is 44.6 Å². The zero-order valence-electron chi connectivity index (χ0n) is 16.8. The van der Waals surface area contributed by atoms with Gasteiger partial charge in [0.2, 0.25) is 0 Å². The summed E-state index contributed by atoms with van der Waals surface area (Å²) in [5.41, 5.74) is 1.60. The maximum Gasteiger partial charge on any atom is 0.411 e. The molecule has 1 saturated heterocycles. The lowest BCUT2D eigenvalue weighted by atomic mass is 9.97. The van der Waals surface area contributed by atoms with Gasteiger partial charge in [0, 0.05) is 26.7 Å². The number of benzene rings is 1. The Labute approximate surface area is 169 Å². The Balaban J connectivity index is 1.82. The van der Waals surface area contributed by atoms with Gasteiger partial charge in [-0.1, -0.05) is 24.3 Å². The average molecular weight is 415 g/mol. The number of carbonyl (C=O) groups excluding carboxylic acids is 1.